The Morgan fingerprint density at radius 3 is 2.58 bits per heavy atom. The molecule has 98 valence electrons. The summed E-state index contributed by atoms with van der Waals surface area (Å²) in [7, 11) is 0. The van der Waals surface area contributed by atoms with E-state index in [0.29, 0.717) is 17.2 Å². The number of ether oxygens (including phenoxy) is 1. The van der Waals surface area contributed by atoms with Gasteiger partial charge in [-0.2, -0.15) is 0 Å². The first-order chi connectivity index (χ1) is 9.15. The number of hydrogen-bond acceptors (Lipinski definition) is 2. The number of carbonyl (C=O) groups excluding carboxylic acids is 1. The van der Waals surface area contributed by atoms with E-state index in [1.807, 2.05) is 43.3 Å². The van der Waals surface area contributed by atoms with Gasteiger partial charge in [-0.1, -0.05) is 41.9 Å². The quantitative estimate of drug-likeness (QED) is 0.828. The SMILES string of the molecule is Cc1cc(Cl)ccc1OCC(=O)Cc1ccccc1. The van der Waals surface area contributed by atoms with Crippen molar-refractivity contribution in [3.8, 4) is 5.75 Å². The monoisotopic (exact) mass is 274 g/mol. The molecule has 0 heterocycles. The zero-order valence-electron chi connectivity index (χ0n) is 10.7. The molecule has 19 heavy (non-hydrogen) atoms. The average molecular weight is 275 g/mol. The molecule has 0 aliphatic rings. The van der Waals surface area contributed by atoms with Crippen LogP contribution in [0.3, 0.4) is 0 Å². The van der Waals surface area contributed by atoms with Crippen LogP contribution in [-0.2, 0) is 11.2 Å². The molecule has 0 radical (unpaired) electrons. The minimum Gasteiger partial charge on any atom is -0.486 e. The molecule has 0 aliphatic carbocycles. The third-order valence-corrected chi connectivity index (χ3v) is 3.00. The number of ketones is 1. The predicted molar refractivity (Wildman–Crippen MR) is 76.8 cm³/mol. The van der Waals surface area contributed by atoms with Gasteiger partial charge in [0.2, 0.25) is 0 Å². The Hall–Kier alpha value is -1.80. The predicted octanol–water partition coefficient (Wildman–Crippen LogP) is 3.84. The average Bonchev–Trinajstić information content (AvgIpc) is 2.39. The van der Waals surface area contributed by atoms with Gasteiger partial charge in [-0.15, -0.1) is 0 Å². The molecule has 0 atom stereocenters. The second-order valence-corrected chi connectivity index (χ2v) is 4.84. The molecule has 0 saturated carbocycles. The second-order valence-electron chi connectivity index (χ2n) is 4.40. The van der Waals surface area contributed by atoms with Crippen molar-refractivity contribution >= 4 is 17.4 Å². The Morgan fingerprint density at radius 1 is 1.16 bits per heavy atom. The van der Waals surface area contributed by atoms with Crippen molar-refractivity contribution in [3.05, 3.63) is 64.7 Å². The lowest BCUT2D eigenvalue weighted by molar-refractivity contribution is -0.120. The van der Waals surface area contributed by atoms with Crippen LogP contribution in [0.1, 0.15) is 11.1 Å². The molecule has 2 aromatic carbocycles. The maximum Gasteiger partial charge on any atom is 0.174 e. The Balaban J connectivity index is 1.90. The Kier molecular flexibility index (Phi) is 4.58. The first-order valence-corrected chi connectivity index (χ1v) is 6.47. The van der Waals surface area contributed by atoms with E-state index in [1.165, 1.54) is 0 Å². The zero-order chi connectivity index (χ0) is 13.7. The van der Waals surface area contributed by atoms with Gasteiger partial charge in [0.15, 0.2) is 5.78 Å². The highest BCUT2D eigenvalue weighted by Gasteiger charge is 2.06. The van der Waals surface area contributed by atoms with Crippen molar-refractivity contribution in [2.24, 2.45) is 0 Å². The van der Waals surface area contributed by atoms with Crippen LogP contribution in [0.25, 0.3) is 0 Å². The lowest BCUT2D eigenvalue weighted by Gasteiger charge is -2.08. The van der Waals surface area contributed by atoms with Gasteiger partial charge < -0.3 is 4.74 Å². The molecule has 0 amide bonds. The van der Waals surface area contributed by atoms with Gasteiger partial charge in [0.05, 0.1) is 0 Å². The fraction of sp³-hybridized carbons (Fsp3) is 0.188. The first kappa shape index (κ1) is 13.6. The molecule has 0 aromatic heterocycles. The van der Waals surface area contributed by atoms with Crippen molar-refractivity contribution in [3.63, 3.8) is 0 Å². The fourth-order valence-corrected chi connectivity index (χ4v) is 2.03. The van der Waals surface area contributed by atoms with E-state index in [-0.39, 0.29) is 12.4 Å². The van der Waals surface area contributed by atoms with Crippen molar-refractivity contribution < 1.29 is 9.53 Å². The van der Waals surface area contributed by atoms with Crippen molar-refractivity contribution in [1.82, 2.24) is 0 Å². The number of carbonyl (C=O) groups is 1. The summed E-state index contributed by atoms with van der Waals surface area (Å²) >= 11 is 5.86. The van der Waals surface area contributed by atoms with Gasteiger partial charge in [-0.25, -0.2) is 0 Å². The summed E-state index contributed by atoms with van der Waals surface area (Å²) in [4.78, 5) is 11.8. The molecule has 2 nitrogen and oxygen atoms in total. The highest BCUT2D eigenvalue weighted by atomic mass is 35.5. The van der Waals surface area contributed by atoms with E-state index in [9.17, 15) is 4.79 Å². The fourth-order valence-electron chi connectivity index (χ4n) is 1.81. The summed E-state index contributed by atoms with van der Waals surface area (Å²) in [5.74, 6) is 0.756. The van der Waals surface area contributed by atoms with E-state index in [1.54, 1.807) is 12.1 Å². The van der Waals surface area contributed by atoms with Gasteiger partial charge in [0.25, 0.3) is 0 Å². The van der Waals surface area contributed by atoms with Crippen molar-refractivity contribution in [1.29, 1.82) is 0 Å². The summed E-state index contributed by atoms with van der Waals surface area (Å²) < 4.78 is 5.52. The van der Waals surface area contributed by atoms with Gasteiger partial charge in [0, 0.05) is 11.4 Å². The largest absolute Gasteiger partial charge is 0.486 e. The molecule has 2 aromatic rings. The van der Waals surface area contributed by atoms with Crippen LogP contribution >= 0.6 is 11.6 Å². The van der Waals surface area contributed by atoms with E-state index in [4.69, 9.17) is 16.3 Å². The standard InChI is InChI=1S/C16H15ClO2/c1-12-9-14(17)7-8-16(12)19-11-15(18)10-13-5-3-2-4-6-13/h2-9H,10-11H2,1H3. The van der Waals surface area contributed by atoms with E-state index in [2.05, 4.69) is 0 Å². The molecular formula is C16H15ClO2. The second kappa shape index (κ2) is 6.39. The van der Waals surface area contributed by atoms with Gasteiger partial charge >= 0.3 is 0 Å². The van der Waals surface area contributed by atoms with Crippen LogP contribution in [0.4, 0.5) is 0 Å². The van der Waals surface area contributed by atoms with E-state index in [0.717, 1.165) is 11.1 Å². The number of Topliss-reactive ketones (excluding diaryl/α,β-unsaturated/α-hetero) is 1. The number of aryl methyl sites for hydroxylation is 1. The molecule has 3 heteroatoms. The van der Waals surface area contributed by atoms with Crippen LogP contribution in [0.15, 0.2) is 48.5 Å². The number of halogens is 1. The van der Waals surface area contributed by atoms with Crippen LogP contribution < -0.4 is 4.74 Å². The topological polar surface area (TPSA) is 26.3 Å². The lowest BCUT2D eigenvalue weighted by atomic mass is 10.1. The Labute approximate surface area is 118 Å². The highest BCUT2D eigenvalue weighted by molar-refractivity contribution is 6.30. The molecule has 0 saturated heterocycles. The molecule has 2 rings (SSSR count). The van der Waals surface area contributed by atoms with Crippen LogP contribution in [-0.4, -0.2) is 12.4 Å². The molecule has 0 bridgehead atoms. The highest BCUT2D eigenvalue weighted by Crippen LogP contribution is 2.21. The maximum absolute atomic E-state index is 11.8. The maximum atomic E-state index is 11.8. The smallest absolute Gasteiger partial charge is 0.174 e. The van der Waals surface area contributed by atoms with Gasteiger partial charge in [0.1, 0.15) is 12.4 Å². The summed E-state index contributed by atoms with van der Waals surface area (Å²) in [5.41, 5.74) is 1.93. The van der Waals surface area contributed by atoms with Crippen molar-refractivity contribution in [2.75, 3.05) is 6.61 Å². The number of hydrogen-bond donors (Lipinski definition) is 0. The third-order valence-electron chi connectivity index (χ3n) is 2.77. The third kappa shape index (κ3) is 4.11. The molecule has 0 spiro atoms. The van der Waals surface area contributed by atoms with Crippen LogP contribution in [0, 0.1) is 6.92 Å². The number of rotatable bonds is 5. The Morgan fingerprint density at radius 2 is 1.89 bits per heavy atom. The summed E-state index contributed by atoms with van der Waals surface area (Å²) in [6.45, 7) is 1.99. The van der Waals surface area contributed by atoms with Crippen LogP contribution in [0.5, 0.6) is 5.75 Å². The first-order valence-electron chi connectivity index (χ1n) is 6.10. The molecule has 0 fully saturated rings. The van der Waals surface area contributed by atoms with Gasteiger partial charge in [-0.05, 0) is 36.2 Å². The molecule has 0 unspecified atom stereocenters. The molecule has 0 N–H and O–H groups in total. The van der Waals surface area contributed by atoms with Gasteiger partial charge in [-0.3, -0.25) is 4.79 Å². The summed E-state index contributed by atoms with van der Waals surface area (Å²) in [6.07, 6.45) is 0.396. The minimum absolute atomic E-state index is 0.0561. The zero-order valence-corrected chi connectivity index (χ0v) is 11.5. The lowest BCUT2D eigenvalue weighted by Crippen LogP contribution is -2.14. The van der Waals surface area contributed by atoms with Crippen LogP contribution in [0.2, 0.25) is 5.02 Å². The van der Waals surface area contributed by atoms with E-state index >= 15 is 0 Å². The normalized spacial score (nSPS) is 10.2. The van der Waals surface area contributed by atoms with E-state index < -0.39 is 0 Å². The Bertz CT molecular complexity index is 564. The molecular weight excluding hydrogens is 260 g/mol. The number of benzene rings is 2. The minimum atomic E-state index is 0.0561. The van der Waals surface area contributed by atoms with Crippen molar-refractivity contribution in [2.45, 2.75) is 13.3 Å². The summed E-state index contributed by atoms with van der Waals surface area (Å²) in [5, 5.41) is 0.667. The molecule has 0 aliphatic heterocycles. The summed E-state index contributed by atoms with van der Waals surface area (Å²) in [6, 6.07) is 15.0.